The SMILES string of the molecule is CCNS(=O)(=O)CCNc1cc(=O)[nH]c(C(C)C)n1. The molecule has 7 nitrogen and oxygen atoms in total. The molecular formula is C11H20N4O3S. The van der Waals surface area contributed by atoms with E-state index in [1.54, 1.807) is 6.92 Å². The second-order valence-corrected chi connectivity index (χ2v) is 6.34. The first kappa shape index (κ1) is 15.6. The summed E-state index contributed by atoms with van der Waals surface area (Å²) in [5.41, 5.74) is -0.254. The fourth-order valence-electron chi connectivity index (χ4n) is 1.45. The molecule has 108 valence electrons. The molecule has 1 aromatic rings. The fraction of sp³-hybridized carbons (Fsp3) is 0.636. The molecule has 0 aliphatic carbocycles. The Morgan fingerprint density at radius 2 is 2.11 bits per heavy atom. The van der Waals surface area contributed by atoms with Gasteiger partial charge in [0.1, 0.15) is 11.6 Å². The molecule has 0 fully saturated rings. The van der Waals surface area contributed by atoms with E-state index < -0.39 is 10.0 Å². The zero-order chi connectivity index (χ0) is 14.5. The lowest BCUT2D eigenvalue weighted by Crippen LogP contribution is -2.29. The average Bonchev–Trinajstić information content (AvgIpc) is 2.27. The summed E-state index contributed by atoms with van der Waals surface area (Å²) in [7, 11) is -3.26. The van der Waals surface area contributed by atoms with Crippen molar-refractivity contribution in [1.82, 2.24) is 14.7 Å². The van der Waals surface area contributed by atoms with E-state index in [0.29, 0.717) is 18.2 Å². The van der Waals surface area contributed by atoms with Gasteiger partial charge in [0.2, 0.25) is 10.0 Å². The van der Waals surface area contributed by atoms with E-state index in [0.717, 1.165) is 0 Å². The van der Waals surface area contributed by atoms with Crippen LogP contribution >= 0.6 is 0 Å². The van der Waals surface area contributed by atoms with Crippen LogP contribution in [-0.2, 0) is 10.0 Å². The Balaban J connectivity index is 2.66. The van der Waals surface area contributed by atoms with Gasteiger partial charge in [-0.2, -0.15) is 0 Å². The Morgan fingerprint density at radius 3 is 2.68 bits per heavy atom. The largest absolute Gasteiger partial charge is 0.369 e. The smallest absolute Gasteiger partial charge is 0.252 e. The summed E-state index contributed by atoms with van der Waals surface area (Å²) in [6.45, 7) is 6.11. The molecule has 8 heteroatoms. The molecule has 0 spiro atoms. The van der Waals surface area contributed by atoms with Crippen LogP contribution in [0, 0.1) is 0 Å². The van der Waals surface area contributed by atoms with E-state index in [1.807, 2.05) is 13.8 Å². The molecule has 19 heavy (non-hydrogen) atoms. The Hall–Kier alpha value is -1.41. The third-order valence-electron chi connectivity index (χ3n) is 2.35. The van der Waals surface area contributed by atoms with Gasteiger partial charge < -0.3 is 10.3 Å². The molecule has 0 aromatic carbocycles. The molecule has 3 N–H and O–H groups in total. The molecule has 0 bridgehead atoms. The van der Waals surface area contributed by atoms with Gasteiger partial charge >= 0.3 is 0 Å². The maximum absolute atomic E-state index is 11.4. The van der Waals surface area contributed by atoms with Crippen molar-refractivity contribution >= 4 is 15.8 Å². The van der Waals surface area contributed by atoms with E-state index in [4.69, 9.17) is 0 Å². The first-order valence-corrected chi connectivity index (χ1v) is 7.81. The quantitative estimate of drug-likeness (QED) is 0.667. The van der Waals surface area contributed by atoms with E-state index in [-0.39, 0.29) is 23.8 Å². The van der Waals surface area contributed by atoms with Crippen molar-refractivity contribution in [3.05, 3.63) is 22.2 Å². The van der Waals surface area contributed by atoms with Gasteiger partial charge in [-0.05, 0) is 0 Å². The van der Waals surface area contributed by atoms with Crippen LogP contribution < -0.4 is 15.6 Å². The summed E-state index contributed by atoms with van der Waals surface area (Å²) < 4.78 is 25.2. The van der Waals surface area contributed by atoms with Crippen LogP contribution in [0.2, 0.25) is 0 Å². The Morgan fingerprint density at radius 1 is 1.42 bits per heavy atom. The zero-order valence-corrected chi connectivity index (χ0v) is 12.2. The molecule has 1 heterocycles. The number of nitrogens with zero attached hydrogens (tertiary/aromatic N) is 1. The van der Waals surface area contributed by atoms with Crippen LogP contribution in [-0.4, -0.2) is 37.2 Å². The van der Waals surface area contributed by atoms with Crippen LogP contribution in [0.5, 0.6) is 0 Å². The van der Waals surface area contributed by atoms with Crippen molar-refractivity contribution in [2.24, 2.45) is 0 Å². The summed E-state index contributed by atoms with van der Waals surface area (Å²) in [6, 6.07) is 1.31. The average molecular weight is 288 g/mol. The lowest BCUT2D eigenvalue weighted by molar-refractivity contribution is 0.584. The molecule has 0 radical (unpaired) electrons. The summed E-state index contributed by atoms with van der Waals surface area (Å²) in [4.78, 5) is 18.3. The minimum absolute atomic E-state index is 0.0632. The fourth-order valence-corrected chi connectivity index (χ4v) is 2.40. The van der Waals surface area contributed by atoms with Crippen LogP contribution in [0.1, 0.15) is 32.5 Å². The summed E-state index contributed by atoms with van der Waals surface area (Å²) in [5, 5.41) is 2.84. The standard InChI is InChI=1S/C11H20N4O3S/c1-4-13-19(17,18)6-5-12-9-7-10(16)15-11(14-9)8(2)3/h7-8,13H,4-6H2,1-3H3,(H2,12,14,15,16). The van der Waals surface area contributed by atoms with Gasteiger partial charge in [-0.25, -0.2) is 18.1 Å². The number of aromatic amines is 1. The van der Waals surface area contributed by atoms with Gasteiger partial charge in [0, 0.05) is 25.1 Å². The summed E-state index contributed by atoms with van der Waals surface area (Å²) in [6.07, 6.45) is 0. The molecule has 0 aliphatic heterocycles. The first-order chi connectivity index (χ1) is 8.84. The van der Waals surface area contributed by atoms with E-state index in [1.165, 1.54) is 6.07 Å². The lowest BCUT2D eigenvalue weighted by atomic mass is 10.2. The normalized spacial score (nSPS) is 11.8. The van der Waals surface area contributed by atoms with Gasteiger partial charge in [-0.3, -0.25) is 4.79 Å². The maximum Gasteiger partial charge on any atom is 0.252 e. The molecule has 0 unspecified atom stereocenters. The monoisotopic (exact) mass is 288 g/mol. The highest BCUT2D eigenvalue weighted by Crippen LogP contribution is 2.08. The molecule has 0 atom stereocenters. The summed E-state index contributed by atoms with van der Waals surface area (Å²) >= 11 is 0. The number of H-pyrrole nitrogens is 1. The number of anilines is 1. The molecule has 1 rings (SSSR count). The van der Waals surface area contributed by atoms with Crippen LogP contribution in [0.3, 0.4) is 0 Å². The van der Waals surface area contributed by atoms with Gasteiger partial charge in [0.05, 0.1) is 5.75 Å². The topological polar surface area (TPSA) is 104 Å². The van der Waals surface area contributed by atoms with Crippen LogP contribution in [0.25, 0.3) is 0 Å². The van der Waals surface area contributed by atoms with Crippen molar-refractivity contribution in [1.29, 1.82) is 0 Å². The predicted molar refractivity (Wildman–Crippen MR) is 74.9 cm³/mol. The molecule has 0 saturated heterocycles. The highest BCUT2D eigenvalue weighted by Gasteiger charge is 2.09. The van der Waals surface area contributed by atoms with Gasteiger partial charge in [0.15, 0.2) is 0 Å². The number of hydrogen-bond donors (Lipinski definition) is 3. The summed E-state index contributed by atoms with van der Waals surface area (Å²) in [5.74, 6) is 0.996. The van der Waals surface area contributed by atoms with Crippen LogP contribution in [0.4, 0.5) is 5.82 Å². The maximum atomic E-state index is 11.4. The van der Waals surface area contributed by atoms with E-state index in [2.05, 4.69) is 20.0 Å². The predicted octanol–water partition coefficient (Wildman–Crippen LogP) is 0.244. The third-order valence-corrected chi connectivity index (χ3v) is 3.82. The van der Waals surface area contributed by atoms with Crippen molar-refractivity contribution in [2.75, 3.05) is 24.2 Å². The number of hydrogen-bond acceptors (Lipinski definition) is 5. The van der Waals surface area contributed by atoms with Crippen molar-refractivity contribution < 1.29 is 8.42 Å². The van der Waals surface area contributed by atoms with E-state index in [9.17, 15) is 13.2 Å². The lowest BCUT2D eigenvalue weighted by Gasteiger charge is -2.09. The highest BCUT2D eigenvalue weighted by molar-refractivity contribution is 7.89. The van der Waals surface area contributed by atoms with Crippen molar-refractivity contribution in [3.8, 4) is 0 Å². The highest BCUT2D eigenvalue weighted by atomic mass is 32.2. The molecular weight excluding hydrogens is 268 g/mol. The molecule has 1 aromatic heterocycles. The second kappa shape index (κ2) is 6.67. The number of nitrogens with one attached hydrogen (secondary N) is 3. The van der Waals surface area contributed by atoms with Gasteiger partial charge in [0.25, 0.3) is 5.56 Å². The number of aromatic nitrogens is 2. The van der Waals surface area contributed by atoms with Crippen molar-refractivity contribution in [2.45, 2.75) is 26.7 Å². The Labute approximate surface area is 112 Å². The minimum Gasteiger partial charge on any atom is -0.369 e. The van der Waals surface area contributed by atoms with Crippen LogP contribution in [0.15, 0.2) is 10.9 Å². The second-order valence-electron chi connectivity index (χ2n) is 4.41. The number of rotatable bonds is 7. The molecule has 0 amide bonds. The zero-order valence-electron chi connectivity index (χ0n) is 11.4. The van der Waals surface area contributed by atoms with Crippen molar-refractivity contribution in [3.63, 3.8) is 0 Å². The Bertz CT molecular complexity index is 566. The molecule has 0 aliphatic rings. The third kappa shape index (κ3) is 5.39. The minimum atomic E-state index is -3.26. The molecule has 0 saturated carbocycles. The van der Waals surface area contributed by atoms with Gasteiger partial charge in [-0.15, -0.1) is 0 Å². The Kier molecular flexibility index (Phi) is 5.49. The van der Waals surface area contributed by atoms with Gasteiger partial charge in [-0.1, -0.05) is 20.8 Å². The van der Waals surface area contributed by atoms with E-state index >= 15 is 0 Å². The first-order valence-electron chi connectivity index (χ1n) is 6.16. The number of sulfonamides is 1.